The summed E-state index contributed by atoms with van der Waals surface area (Å²) in [5, 5.41) is 2.96. The van der Waals surface area contributed by atoms with E-state index >= 15 is 0 Å². The Kier molecular flexibility index (Phi) is 6.27. The van der Waals surface area contributed by atoms with Crippen LogP contribution < -0.4 is 5.32 Å². The van der Waals surface area contributed by atoms with Crippen molar-refractivity contribution in [3.05, 3.63) is 35.4 Å². The van der Waals surface area contributed by atoms with Gasteiger partial charge in [-0.15, -0.1) is 0 Å². The number of amides is 1. The first-order valence-electron chi connectivity index (χ1n) is 8.89. The van der Waals surface area contributed by atoms with E-state index in [9.17, 15) is 13.2 Å². The van der Waals surface area contributed by atoms with Gasteiger partial charge in [0.15, 0.2) is 0 Å². The lowest BCUT2D eigenvalue weighted by Gasteiger charge is -2.30. The van der Waals surface area contributed by atoms with Crippen LogP contribution in [0.3, 0.4) is 0 Å². The average molecular weight is 367 g/mol. The average Bonchev–Trinajstić information content (AvgIpc) is 2.54. The van der Waals surface area contributed by atoms with Crippen molar-refractivity contribution in [1.82, 2.24) is 9.62 Å². The van der Waals surface area contributed by atoms with Gasteiger partial charge in [-0.25, -0.2) is 12.7 Å². The number of hydrogen-bond donors (Lipinski definition) is 1. The molecule has 1 aliphatic rings. The highest BCUT2D eigenvalue weighted by Crippen LogP contribution is 2.22. The lowest BCUT2D eigenvalue weighted by Crippen LogP contribution is -2.45. The summed E-state index contributed by atoms with van der Waals surface area (Å²) in [6.07, 6.45) is 3.46. The topological polar surface area (TPSA) is 66.5 Å². The number of carbonyl (C=O) groups is 1. The number of rotatable bonds is 5. The summed E-state index contributed by atoms with van der Waals surface area (Å²) in [5.41, 5.74) is 2.62. The predicted molar refractivity (Wildman–Crippen MR) is 101 cm³/mol. The minimum Gasteiger partial charge on any atom is -0.355 e. The second-order valence-electron chi connectivity index (χ2n) is 7.95. The van der Waals surface area contributed by atoms with Crippen molar-refractivity contribution in [2.45, 2.75) is 45.4 Å². The minimum absolute atomic E-state index is 0.0420. The van der Waals surface area contributed by atoms with Gasteiger partial charge in [-0.05, 0) is 35.8 Å². The number of benzene rings is 1. The Labute approximate surface area is 151 Å². The van der Waals surface area contributed by atoms with Gasteiger partial charge in [0.25, 0.3) is 0 Å². The molecule has 5 nitrogen and oxygen atoms in total. The normalized spacial score (nSPS) is 19.6. The molecule has 2 rings (SSSR count). The number of nitrogens with one attached hydrogen (secondary N) is 1. The van der Waals surface area contributed by atoms with Gasteiger partial charge in [0.1, 0.15) is 0 Å². The summed E-state index contributed by atoms with van der Waals surface area (Å²) in [4.78, 5) is 12.3. The molecule has 0 bridgehead atoms. The van der Waals surface area contributed by atoms with E-state index in [2.05, 4.69) is 50.4 Å². The zero-order chi connectivity index (χ0) is 18.7. The van der Waals surface area contributed by atoms with Crippen LogP contribution in [0.1, 0.15) is 44.7 Å². The Hall–Kier alpha value is -1.40. The molecule has 0 saturated carbocycles. The summed E-state index contributed by atoms with van der Waals surface area (Å²) in [5.74, 6) is -0.286. The van der Waals surface area contributed by atoms with Crippen molar-refractivity contribution in [3.63, 3.8) is 0 Å². The van der Waals surface area contributed by atoms with Crippen LogP contribution in [-0.2, 0) is 26.7 Å². The van der Waals surface area contributed by atoms with Gasteiger partial charge < -0.3 is 5.32 Å². The maximum atomic E-state index is 12.3. The third-order valence-electron chi connectivity index (χ3n) is 4.76. The second-order valence-corrected chi connectivity index (χ2v) is 9.93. The highest BCUT2D eigenvalue weighted by Gasteiger charge is 2.29. The first-order valence-corrected chi connectivity index (χ1v) is 10.7. The molecule has 0 radical (unpaired) electrons. The van der Waals surface area contributed by atoms with Gasteiger partial charge in [0.2, 0.25) is 15.9 Å². The van der Waals surface area contributed by atoms with Gasteiger partial charge in [-0.3, -0.25) is 4.79 Å². The van der Waals surface area contributed by atoms with Crippen LogP contribution in [0.25, 0.3) is 0 Å². The standard InChI is InChI=1S/C19H30N2O3S/c1-19(2,3)17-9-7-15(8-10-17)11-12-20-18(22)16-6-5-13-21(14-16)25(4,23)24/h7-10,16H,5-6,11-14H2,1-4H3,(H,20,22)/t16-/m0/s1. The van der Waals surface area contributed by atoms with Crippen LogP contribution in [0, 0.1) is 5.92 Å². The van der Waals surface area contributed by atoms with Crippen molar-refractivity contribution in [3.8, 4) is 0 Å². The van der Waals surface area contributed by atoms with Crippen LogP contribution >= 0.6 is 0 Å². The quantitative estimate of drug-likeness (QED) is 0.870. The van der Waals surface area contributed by atoms with E-state index in [0.29, 0.717) is 19.6 Å². The molecule has 0 aliphatic carbocycles. The van der Waals surface area contributed by atoms with E-state index in [-0.39, 0.29) is 17.2 Å². The molecule has 25 heavy (non-hydrogen) atoms. The Balaban J connectivity index is 1.82. The maximum Gasteiger partial charge on any atom is 0.224 e. The molecule has 1 fully saturated rings. The van der Waals surface area contributed by atoms with Crippen LogP contribution in [0.5, 0.6) is 0 Å². The zero-order valence-corrected chi connectivity index (χ0v) is 16.5. The number of hydrogen-bond acceptors (Lipinski definition) is 3. The highest BCUT2D eigenvalue weighted by molar-refractivity contribution is 7.88. The summed E-state index contributed by atoms with van der Waals surface area (Å²) in [6.45, 7) is 7.95. The smallest absolute Gasteiger partial charge is 0.224 e. The van der Waals surface area contributed by atoms with Crippen LogP contribution in [0.15, 0.2) is 24.3 Å². The zero-order valence-electron chi connectivity index (χ0n) is 15.7. The largest absolute Gasteiger partial charge is 0.355 e. The van der Waals surface area contributed by atoms with Crippen molar-refractivity contribution in [2.75, 3.05) is 25.9 Å². The lowest BCUT2D eigenvalue weighted by molar-refractivity contribution is -0.126. The maximum absolute atomic E-state index is 12.3. The second kappa shape index (κ2) is 7.87. The summed E-state index contributed by atoms with van der Waals surface area (Å²) < 4.78 is 24.7. The fraction of sp³-hybridized carbons (Fsp3) is 0.632. The third-order valence-corrected chi connectivity index (χ3v) is 6.03. The molecule has 1 aromatic carbocycles. The van der Waals surface area contributed by atoms with Gasteiger partial charge >= 0.3 is 0 Å². The van der Waals surface area contributed by atoms with Crippen LogP contribution in [-0.4, -0.2) is 44.5 Å². The molecule has 1 atom stereocenters. The number of piperidine rings is 1. The highest BCUT2D eigenvalue weighted by atomic mass is 32.2. The fourth-order valence-corrected chi connectivity index (χ4v) is 4.01. The first kappa shape index (κ1) is 19.9. The van der Waals surface area contributed by atoms with Crippen LogP contribution in [0.2, 0.25) is 0 Å². The Morgan fingerprint density at radius 3 is 2.44 bits per heavy atom. The molecule has 140 valence electrons. The molecule has 1 aromatic rings. The van der Waals surface area contributed by atoms with E-state index in [0.717, 1.165) is 19.3 Å². The first-order chi connectivity index (χ1) is 11.6. The number of sulfonamides is 1. The molecule has 1 N–H and O–H groups in total. The number of carbonyl (C=O) groups excluding carboxylic acids is 1. The summed E-state index contributed by atoms with van der Waals surface area (Å²) in [6, 6.07) is 8.50. The molecule has 1 amide bonds. The van der Waals surface area contributed by atoms with Crippen molar-refractivity contribution in [2.24, 2.45) is 5.92 Å². The molecule has 0 unspecified atom stereocenters. The molecular formula is C19H30N2O3S. The van der Waals surface area contributed by atoms with Crippen molar-refractivity contribution in [1.29, 1.82) is 0 Å². The summed E-state index contributed by atoms with van der Waals surface area (Å²) >= 11 is 0. The van der Waals surface area contributed by atoms with Crippen LogP contribution in [0.4, 0.5) is 0 Å². The Morgan fingerprint density at radius 2 is 1.88 bits per heavy atom. The van der Waals surface area contributed by atoms with E-state index in [4.69, 9.17) is 0 Å². The van der Waals surface area contributed by atoms with Crippen molar-refractivity contribution >= 4 is 15.9 Å². The Morgan fingerprint density at radius 1 is 1.24 bits per heavy atom. The van der Waals surface area contributed by atoms with E-state index < -0.39 is 10.0 Å². The monoisotopic (exact) mass is 366 g/mol. The van der Waals surface area contributed by atoms with E-state index in [1.807, 2.05) is 0 Å². The fourth-order valence-electron chi connectivity index (χ4n) is 3.10. The Bertz CT molecular complexity index is 690. The van der Waals surface area contributed by atoms with E-state index in [1.54, 1.807) is 0 Å². The molecule has 0 spiro atoms. The predicted octanol–water partition coefficient (Wildman–Crippen LogP) is 2.31. The SMILES string of the molecule is CC(C)(C)c1ccc(CCNC(=O)[C@H]2CCCN(S(C)(=O)=O)C2)cc1. The molecule has 1 aliphatic heterocycles. The summed E-state index contributed by atoms with van der Waals surface area (Å²) in [7, 11) is -3.22. The van der Waals surface area contributed by atoms with E-state index in [1.165, 1.54) is 21.7 Å². The molecule has 0 aromatic heterocycles. The lowest BCUT2D eigenvalue weighted by atomic mass is 9.86. The molecular weight excluding hydrogens is 336 g/mol. The molecule has 1 heterocycles. The van der Waals surface area contributed by atoms with Gasteiger partial charge in [0.05, 0.1) is 12.2 Å². The minimum atomic E-state index is -3.22. The van der Waals surface area contributed by atoms with Gasteiger partial charge in [0, 0.05) is 19.6 Å². The number of nitrogens with zero attached hydrogens (tertiary/aromatic N) is 1. The van der Waals surface area contributed by atoms with Gasteiger partial charge in [-0.1, -0.05) is 45.0 Å². The molecule has 1 saturated heterocycles. The third kappa shape index (κ3) is 5.82. The molecule has 6 heteroatoms. The van der Waals surface area contributed by atoms with Gasteiger partial charge in [-0.2, -0.15) is 0 Å². The van der Waals surface area contributed by atoms with Crippen molar-refractivity contribution < 1.29 is 13.2 Å².